The summed E-state index contributed by atoms with van der Waals surface area (Å²) in [5.41, 5.74) is 0.799. The molecule has 1 fully saturated rings. The van der Waals surface area contributed by atoms with Crippen LogP contribution >= 0.6 is 0 Å². The van der Waals surface area contributed by atoms with Crippen molar-refractivity contribution in [2.45, 2.75) is 44.9 Å². The minimum Gasteiger partial charge on any atom is -0.488 e. The van der Waals surface area contributed by atoms with Gasteiger partial charge < -0.3 is 24.6 Å². The number of rotatable bonds is 2. The SMILES string of the molecule is CC(C)(C)OC(=O)N1CCN2C(NCC3Cc4ccccc4O3)=NCC2C1. The molecule has 3 heterocycles. The summed E-state index contributed by atoms with van der Waals surface area (Å²) in [4.78, 5) is 21.0. The number of fused-ring (bicyclic) bond motifs is 2. The first-order valence-corrected chi connectivity index (χ1v) is 9.66. The van der Waals surface area contributed by atoms with Crippen molar-refractivity contribution in [1.82, 2.24) is 15.1 Å². The second kappa shape index (κ2) is 6.94. The van der Waals surface area contributed by atoms with E-state index < -0.39 is 5.60 Å². The molecule has 1 saturated heterocycles. The largest absolute Gasteiger partial charge is 0.488 e. The first-order chi connectivity index (χ1) is 12.9. The molecule has 7 heteroatoms. The minimum absolute atomic E-state index is 0.132. The van der Waals surface area contributed by atoms with Gasteiger partial charge in [-0.2, -0.15) is 0 Å². The molecule has 7 nitrogen and oxygen atoms in total. The van der Waals surface area contributed by atoms with Gasteiger partial charge in [0.05, 0.1) is 19.1 Å². The molecule has 1 aromatic carbocycles. The van der Waals surface area contributed by atoms with Crippen LogP contribution in [0.5, 0.6) is 5.75 Å². The average molecular weight is 372 g/mol. The number of ether oxygens (including phenoxy) is 2. The monoisotopic (exact) mass is 372 g/mol. The van der Waals surface area contributed by atoms with E-state index in [1.165, 1.54) is 5.56 Å². The Labute approximate surface area is 160 Å². The Kier molecular flexibility index (Phi) is 4.61. The van der Waals surface area contributed by atoms with Crippen molar-refractivity contribution in [2.24, 2.45) is 4.99 Å². The number of carbonyl (C=O) groups is 1. The average Bonchev–Trinajstić information content (AvgIpc) is 3.21. The lowest BCUT2D eigenvalue weighted by molar-refractivity contribution is 0.0137. The van der Waals surface area contributed by atoms with Gasteiger partial charge in [0.25, 0.3) is 0 Å². The minimum atomic E-state index is -0.466. The zero-order valence-corrected chi connectivity index (χ0v) is 16.3. The Balaban J connectivity index is 1.27. The molecule has 3 aliphatic rings. The normalized spacial score (nSPS) is 24.0. The van der Waals surface area contributed by atoms with Crippen LogP contribution in [0.3, 0.4) is 0 Å². The van der Waals surface area contributed by atoms with Crippen LogP contribution in [0.1, 0.15) is 26.3 Å². The van der Waals surface area contributed by atoms with Gasteiger partial charge in [0.15, 0.2) is 5.96 Å². The second-order valence-corrected chi connectivity index (χ2v) is 8.37. The molecule has 146 valence electrons. The summed E-state index contributed by atoms with van der Waals surface area (Å²) >= 11 is 0. The van der Waals surface area contributed by atoms with Gasteiger partial charge in [-0.25, -0.2) is 4.79 Å². The summed E-state index contributed by atoms with van der Waals surface area (Å²) in [6.45, 7) is 9.18. The lowest BCUT2D eigenvalue weighted by atomic mass is 10.1. The van der Waals surface area contributed by atoms with Crippen molar-refractivity contribution in [3.8, 4) is 5.75 Å². The number of hydrogen-bond donors (Lipinski definition) is 1. The fraction of sp³-hybridized carbons (Fsp3) is 0.600. The van der Waals surface area contributed by atoms with E-state index in [9.17, 15) is 4.79 Å². The third kappa shape index (κ3) is 3.96. The number of aliphatic imine (C=N–C) groups is 1. The van der Waals surface area contributed by atoms with Crippen LogP contribution in [0.4, 0.5) is 4.79 Å². The van der Waals surface area contributed by atoms with Crippen LogP contribution in [0.25, 0.3) is 0 Å². The van der Waals surface area contributed by atoms with Crippen LogP contribution in [0.15, 0.2) is 29.3 Å². The van der Waals surface area contributed by atoms with Crippen molar-refractivity contribution in [1.29, 1.82) is 0 Å². The number of piperazine rings is 1. The number of guanidine groups is 1. The van der Waals surface area contributed by atoms with Crippen LogP contribution in [0.2, 0.25) is 0 Å². The van der Waals surface area contributed by atoms with Crippen LogP contribution < -0.4 is 10.1 Å². The van der Waals surface area contributed by atoms with E-state index >= 15 is 0 Å². The lowest BCUT2D eigenvalue weighted by Gasteiger charge is -2.39. The predicted molar refractivity (Wildman–Crippen MR) is 103 cm³/mol. The van der Waals surface area contributed by atoms with Gasteiger partial charge in [0.1, 0.15) is 17.5 Å². The number of hydrogen-bond acceptors (Lipinski definition) is 6. The van der Waals surface area contributed by atoms with Gasteiger partial charge in [-0.3, -0.25) is 4.99 Å². The standard InChI is InChI=1S/C20H28N4O3/c1-20(2,3)27-19(25)23-8-9-24-15(13-23)11-21-18(24)22-12-16-10-14-6-4-5-7-17(14)26-16/h4-7,15-16H,8-13H2,1-3H3,(H,21,22). The summed E-state index contributed by atoms with van der Waals surface area (Å²) in [5.74, 6) is 1.91. The topological polar surface area (TPSA) is 66.4 Å². The van der Waals surface area contributed by atoms with E-state index in [4.69, 9.17) is 9.47 Å². The van der Waals surface area contributed by atoms with Gasteiger partial charge in [-0.05, 0) is 32.4 Å². The molecule has 0 aromatic heterocycles. The molecule has 3 aliphatic heterocycles. The van der Waals surface area contributed by atoms with Crippen molar-refractivity contribution in [3.05, 3.63) is 29.8 Å². The third-order valence-corrected chi connectivity index (χ3v) is 5.06. The highest BCUT2D eigenvalue weighted by Crippen LogP contribution is 2.28. The summed E-state index contributed by atoms with van der Waals surface area (Å²) in [6, 6.07) is 8.41. The highest BCUT2D eigenvalue weighted by molar-refractivity contribution is 5.82. The number of para-hydroxylation sites is 1. The molecular formula is C20H28N4O3. The number of nitrogens with one attached hydrogen (secondary N) is 1. The smallest absolute Gasteiger partial charge is 0.410 e. The highest BCUT2D eigenvalue weighted by Gasteiger charge is 2.36. The zero-order valence-electron chi connectivity index (χ0n) is 16.3. The summed E-state index contributed by atoms with van der Waals surface area (Å²) in [7, 11) is 0. The van der Waals surface area contributed by atoms with E-state index in [2.05, 4.69) is 21.3 Å². The van der Waals surface area contributed by atoms with Crippen molar-refractivity contribution in [2.75, 3.05) is 32.7 Å². The lowest BCUT2D eigenvalue weighted by Crippen LogP contribution is -2.58. The fourth-order valence-corrected chi connectivity index (χ4v) is 3.80. The van der Waals surface area contributed by atoms with E-state index in [0.717, 1.165) is 31.2 Å². The molecule has 27 heavy (non-hydrogen) atoms. The van der Waals surface area contributed by atoms with Crippen molar-refractivity contribution in [3.63, 3.8) is 0 Å². The Bertz CT molecular complexity index is 718. The number of carbonyl (C=O) groups excluding carboxylic acids is 1. The number of benzene rings is 1. The van der Waals surface area contributed by atoms with Crippen molar-refractivity contribution >= 4 is 12.1 Å². The van der Waals surface area contributed by atoms with E-state index in [1.807, 2.05) is 39.0 Å². The predicted octanol–water partition coefficient (Wildman–Crippen LogP) is 1.87. The van der Waals surface area contributed by atoms with E-state index in [1.54, 1.807) is 4.90 Å². The molecule has 1 N–H and O–H groups in total. The first kappa shape index (κ1) is 17.9. The van der Waals surface area contributed by atoms with Gasteiger partial charge >= 0.3 is 6.09 Å². The molecule has 0 bridgehead atoms. The summed E-state index contributed by atoms with van der Waals surface area (Å²) in [5, 5.41) is 3.46. The Morgan fingerprint density at radius 3 is 2.93 bits per heavy atom. The number of nitrogens with zero attached hydrogens (tertiary/aromatic N) is 3. The second-order valence-electron chi connectivity index (χ2n) is 8.37. The third-order valence-electron chi connectivity index (χ3n) is 5.06. The summed E-state index contributed by atoms with van der Waals surface area (Å²) in [6.07, 6.45) is 0.819. The molecule has 1 amide bonds. The molecular weight excluding hydrogens is 344 g/mol. The molecule has 1 aromatic rings. The van der Waals surface area contributed by atoms with Gasteiger partial charge in [0, 0.05) is 26.1 Å². The van der Waals surface area contributed by atoms with Gasteiger partial charge in [-0.1, -0.05) is 18.2 Å². The van der Waals surface area contributed by atoms with Gasteiger partial charge in [-0.15, -0.1) is 0 Å². The van der Waals surface area contributed by atoms with Gasteiger partial charge in [0.2, 0.25) is 0 Å². The van der Waals surface area contributed by atoms with Crippen LogP contribution in [-0.4, -0.2) is 72.3 Å². The molecule has 0 aliphatic carbocycles. The molecule has 0 spiro atoms. The maximum absolute atomic E-state index is 12.3. The first-order valence-electron chi connectivity index (χ1n) is 9.66. The zero-order chi connectivity index (χ0) is 19.0. The van der Waals surface area contributed by atoms with E-state index in [0.29, 0.717) is 19.6 Å². The fourth-order valence-electron chi connectivity index (χ4n) is 3.80. The highest BCUT2D eigenvalue weighted by atomic mass is 16.6. The molecule has 4 rings (SSSR count). The Morgan fingerprint density at radius 2 is 2.15 bits per heavy atom. The molecule has 0 radical (unpaired) electrons. The summed E-state index contributed by atoms with van der Waals surface area (Å²) < 4.78 is 11.5. The van der Waals surface area contributed by atoms with Crippen LogP contribution in [0, 0.1) is 0 Å². The quantitative estimate of drug-likeness (QED) is 0.859. The maximum atomic E-state index is 12.3. The maximum Gasteiger partial charge on any atom is 0.410 e. The Morgan fingerprint density at radius 1 is 1.33 bits per heavy atom. The molecule has 0 saturated carbocycles. The molecule has 2 unspecified atom stereocenters. The van der Waals surface area contributed by atoms with Crippen molar-refractivity contribution < 1.29 is 14.3 Å². The number of amides is 1. The van der Waals surface area contributed by atoms with E-state index in [-0.39, 0.29) is 18.2 Å². The van der Waals surface area contributed by atoms with Crippen LogP contribution in [-0.2, 0) is 11.2 Å². The Hall–Kier alpha value is -2.44. The molecule has 2 atom stereocenters.